The maximum absolute atomic E-state index is 13.5. The third-order valence-electron chi connectivity index (χ3n) is 6.21. The summed E-state index contributed by atoms with van der Waals surface area (Å²) in [6.45, 7) is 4.03. The molecule has 1 fully saturated rings. The molecule has 0 atom stereocenters. The molecule has 1 N–H and O–H groups in total. The lowest BCUT2D eigenvalue weighted by atomic mass is 9.99. The number of hydrogen-bond acceptors (Lipinski definition) is 5. The Morgan fingerprint density at radius 1 is 1.09 bits per heavy atom. The number of carbonyl (C=O) groups is 1. The zero-order valence-electron chi connectivity index (χ0n) is 19.6. The number of halogens is 2. The van der Waals surface area contributed by atoms with E-state index in [9.17, 15) is 13.6 Å². The van der Waals surface area contributed by atoms with E-state index in [0.29, 0.717) is 0 Å². The van der Waals surface area contributed by atoms with Crippen LogP contribution in [-0.2, 0) is 11.2 Å². The first-order valence-electron chi connectivity index (χ1n) is 11.7. The molecule has 1 saturated heterocycles. The molecule has 34 heavy (non-hydrogen) atoms. The average Bonchev–Trinajstić information content (AvgIpc) is 3.19. The number of nitrogens with zero attached hydrogens (tertiary/aromatic N) is 3. The minimum atomic E-state index is -0.994. The first kappa shape index (κ1) is 24.5. The van der Waals surface area contributed by atoms with Gasteiger partial charge in [-0.25, -0.2) is 13.8 Å². The smallest absolute Gasteiger partial charge is 0.234 e. The van der Waals surface area contributed by atoms with Crippen LogP contribution in [-0.4, -0.2) is 53.1 Å². The second kappa shape index (κ2) is 10.8. The van der Waals surface area contributed by atoms with E-state index in [-0.39, 0.29) is 17.3 Å². The van der Waals surface area contributed by atoms with Crippen LogP contribution in [0.15, 0.2) is 52.4 Å². The Bertz CT molecular complexity index is 1090. The number of thioether (sulfide) groups is 1. The Hall–Kier alpha value is -2.58. The van der Waals surface area contributed by atoms with Crippen LogP contribution in [0.5, 0.6) is 0 Å². The van der Waals surface area contributed by atoms with Gasteiger partial charge >= 0.3 is 0 Å². The fourth-order valence-corrected chi connectivity index (χ4v) is 5.00. The highest BCUT2D eigenvalue weighted by Crippen LogP contribution is 2.35. The van der Waals surface area contributed by atoms with Crippen LogP contribution in [0.25, 0.3) is 0 Å². The minimum Gasteiger partial charge on any atom is -0.325 e. The Balaban J connectivity index is 1.49. The molecule has 2 aliphatic heterocycles. The monoisotopic (exact) mass is 484 g/mol. The van der Waals surface area contributed by atoms with Crippen molar-refractivity contribution in [3.63, 3.8) is 0 Å². The number of nitrogens with one attached hydrogen (secondary N) is 1. The summed E-state index contributed by atoms with van der Waals surface area (Å²) in [7, 11) is 2.10. The summed E-state index contributed by atoms with van der Waals surface area (Å²) in [5.41, 5.74) is 2.89. The molecule has 0 aromatic heterocycles. The Kier molecular flexibility index (Phi) is 7.78. The highest BCUT2D eigenvalue weighted by Gasteiger charge is 2.39. The SMILES string of the molecule is CCCCc1ccc(C2=NC3(CCN(C)CC3)N=C2SCC(=O)Nc2ccc(F)c(F)c2)cc1. The van der Waals surface area contributed by atoms with Gasteiger partial charge in [-0.05, 0) is 37.6 Å². The number of unbranched alkanes of at least 4 members (excludes halogenated alkanes) is 1. The van der Waals surface area contributed by atoms with Crippen molar-refractivity contribution in [2.45, 2.75) is 44.7 Å². The summed E-state index contributed by atoms with van der Waals surface area (Å²) < 4.78 is 26.6. The molecule has 0 saturated carbocycles. The quantitative estimate of drug-likeness (QED) is 0.580. The van der Waals surface area contributed by atoms with E-state index >= 15 is 0 Å². The molecule has 180 valence electrons. The zero-order chi connectivity index (χ0) is 24.1. The average molecular weight is 485 g/mol. The van der Waals surface area contributed by atoms with Gasteiger partial charge in [-0.1, -0.05) is 49.4 Å². The topological polar surface area (TPSA) is 57.1 Å². The van der Waals surface area contributed by atoms with E-state index < -0.39 is 17.3 Å². The standard InChI is InChI=1S/C26H30F2N4OS/c1-3-4-5-18-6-8-19(9-7-18)24-25(31-26(30-24)12-14-32(2)15-13-26)34-17-23(33)29-20-10-11-21(27)22(28)16-20/h6-11,16H,3-5,12-15,17H2,1-2H3,(H,29,33). The molecule has 4 rings (SSSR count). The lowest BCUT2D eigenvalue weighted by Gasteiger charge is -2.33. The number of rotatable bonds is 7. The largest absolute Gasteiger partial charge is 0.325 e. The summed E-state index contributed by atoms with van der Waals surface area (Å²) in [5.74, 6) is -2.15. The van der Waals surface area contributed by atoms with E-state index in [1.54, 1.807) is 0 Å². The molecule has 2 heterocycles. The number of aliphatic imine (C=N–C) groups is 2. The molecule has 2 aromatic carbocycles. The first-order chi connectivity index (χ1) is 16.4. The van der Waals surface area contributed by atoms with E-state index in [1.165, 1.54) is 23.4 Å². The molecule has 8 heteroatoms. The van der Waals surface area contributed by atoms with Gasteiger partial charge in [0, 0.05) is 43.2 Å². The maximum atomic E-state index is 13.5. The molecule has 0 bridgehead atoms. The third kappa shape index (κ3) is 5.91. The summed E-state index contributed by atoms with van der Waals surface area (Å²) in [5, 5.41) is 3.38. The second-order valence-corrected chi connectivity index (χ2v) is 9.89. The van der Waals surface area contributed by atoms with Crippen LogP contribution in [0.2, 0.25) is 0 Å². The van der Waals surface area contributed by atoms with Gasteiger partial charge in [-0.3, -0.25) is 9.79 Å². The van der Waals surface area contributed by atoms with Crippen LogP contribution in [0.3, 0.4) is 0 Å². The van der Waals surface area contributed by atoms with Crippen LogP contribution < -0.4 is 5.32 Å². The van der Waals surface area contributed by atoms with Gasteiger partial charge in [0.05, 0.1) is 11.5 Å². The maximum Gasteiger partial charge on any atom is 0.234 e. The molecule has 1 amide bonds. The number of amides is 1. The number of carbonyl (C=O) groups excluding carboxylic acids is 1. The minimum absolute atomic E-state index is 0.0986. The number of aryl methyl sites for hydroxylation is 1. The van der Waals surface area contributed by atoms with Crippen molar-refractivity contribution in [2.24, 2.45) is 9.98 Å². The van der Waals surface area contributed by atoms with Crippen LogP contribution >= 0.6 is 11.8 Å². The summed E-state index contributed by atoms with van der Waals surface area (Å²) in [4.78, 5) is 24.9. The van der Waals surface area contributed by atoms with Crippen molar-refractivity contribution >= 4 is 34.1 Å². The Labute approximate surface area is 203 Å². The highest BCUT2D eigenvalue weighted by atomic mass is 32.2. The van der Waals surface area contributed by atoms with Crippen LogP contribution in [0.1, 0.15) is 43.7 Å². The van der Waals surface area contributed by atoms with Crippen molar-refractivity contribution in [3.8, 4) is 0 Å². The number of piperidine rings is 1. The molecule has 0 radical (unpaired) electrons. The number of likely N-dealkylation sites (tertiary alicyclic amines) is 1. The van der Waals surface area contributed by atoms with Gasteiger partial charge in [-0.2, -0.15) is 0 Å². The molecular formula is C26H30F2N4OS. The van der Waals surface area contributed by atoms with Crippen molar-refractivity contribution in [1.29, 1.82) is 0 Å². The summed E-state index contributed by atoms with van der Waals surface area (Å²) in [6.07, 6.45) is 5.05. The van der Waals surface area contributed by atoms with Crippen molar-refractivity contribution < 1.29 is 13.6 Å². The third-order valence-corrected chi connectivity index (χ3v) is 7.17. The van der Waals surface area contributed by atoms with Crippen molar-refractivity contribution in [3.05, 3.63) is 65.2 Å². The normalized spacial score (nSPS) is 17.5. The zero-order valence-corrected chi connectivity index (χ0v) is 20.4. The van der Waals surface area contributed by atoms with Gasteiger partial charge in [0.2, 0.25) is 5.91 Å². The first-order valence-corrected chi connectivity index (χ1v) is 12.7. The van der Waals surface area contributed by atoms with Gasteiger partial charge in [0.15, 0.2) is 17.3 Å². The van der Waals surface area contributed by atoms with E-state index in [0.717, 1.165) is 73.6 Å². The molecule has 2 aromatic rings. The predicted octanol–water partition coefficient (Wildman–Crippen LogP) is 5.30. The van der Waals surface area contributed by atoms with Crippen molar-refractivity contribution in [1.82, 2.24) is 4.90 Å². The highest BCUT2D eigenvalue weighted by molar-refractivity contribution is 8.16. The van der Waals surface area contributed by atoms with Crippen LogP contribution in [0.4, 0.5) is 14.5 Å². The molecule has 5 nitrogen and oxygen atoms in total. The Morgan fingerprint density at radius 3 is 2.50 bits per heavy atom. The Morgan fingerprint density at radius 2 is 1.82 bits per heavy atom. The molecule has 2 aliphatic rings. The van der Waals surface area contributed by atoms with Gasteiger partial charge in [0.25, 0.3) is 0 Å². The lowest BCUT2D eigenvalue weighted by Crippen LogP contribution is -2.39. The fourth-order valence-electron chi connectivity index (χ4n) is 4.13. The molecule has 0 aliphatic carbocycles. The van der Waals surface area contributed by atoms with E-state index in [2.05, 4.69) is 48.5 Å². The number of anilines is 1. The van der Waals surface area contributed by atoms with Crippen molar-refractivity contribution in [2.75, 3.05) is 31.2 Å². The number of benzene rings is 2. The lowest BCUT2D eigenvalue weighted by molar-refractivity contribution is -0.113. The van der Waals surface area contributed by atoms with E-state index in [4.69, 9.17) is 9.98 Å². The van der Waals surface area contributed by atoms with E-state index in [1.807, 2.05) is 0 Å². The van der Waals surface area contributed by atoms with Gasteiger partial charge < -0.3 is 10.2 Å². The summed E-state index contributed by atoms with van der Waals surface area (Å²) in [6, 6.07) is 11.8. The summed E-state index contributed by atoms with van der Waals surface area (Å²) >= 11 is 1.33. The van der Waals surface area contributed by atoms with Gasteiger partial charge in [-0.15, -0.1) is 0 Å². The fraction of sp³-hybridized carbons (Fsp3) is 0.423. The van der Waals surface area contributed by atoms with Crippen LogP contribution in [0, 0.1) is 11.6 Å². The molecule has 0 unspecified atom stereocenters. The van der Waals surface area contributed by atoms with Gasteiger partial charge in [0.1, 0.15) is 5.04 Å². The molecule has 1 spiro atoms. The number of hydrogen-bond donors (Lipinski definition) is 1. The predicted molar refractivity (Wildman–Crippen MR) is 136 cm³/mol. The second-order valence-electron chi connectivity index (χ2n) is 8.93. The molecular weight excluding hydrogens is 454 g/mol.